The molecule has 0 radical (unpaired) electrons. The molecule has 0 aromatic heterocycles. The Morgan fingerprint density at radius 1 is 0.909 bits per heavy atom. The van der Waals surface area contributed by atoms with E-state index in [9.17, 15) is 4.79 Å². The molecule has 1 N–H and O–H groups in total. The second kappa shape index (κ2) is 7.26. The molecule has 0 heterocycles. The van der Waals surface area contributed by atoms with Crippen LogP contribution >= 0.6 is 0 Å². The van der Waals surface area contributed by atoms with Crippen LogP contribution in [0.25, 0.3) is 0 Å². The Kier molecular flexibility index (Phi) is 4.89. The van der Waals surface area contributed by atoms with Crippen molar-refractivity contribution in [3.63, 3.8) is 0 Å². The summed E-state index contributed by atoms with van der Waals surface area (Å²) in [6, 6.07) is 16.8. The first-order valence-corrected chi connectivity index (χ1v) is 8.22. The Hall–Kier alpha value is -2.09. The number of benzene rings is 2. The van der Waals surface area contributed by atoms with Gasteiger partial charge in [-0.2, -0.15) is 0 Å². The van der Waals surface area contributed by atoms with Gasteiger partial charge in [0, 0.05) is 6.54 Å². The first-order valence-electron chi connectivity index (χ1n) is 8.22. The van der Waals surface area contributed by atoms with Crippen LogP contribution in [0.15, 0.2) is 48.5 Å². The minimum absolute atomic E-state index is 0.117. The lowest BCUT2D eigenvalue weighted by Gasteiger charge is -2.16. The van der Waals surface area contributed by atoms with E-state index in [2.05, 4.69) is 35.6 Å². The van der Waals surface area contributed by atoms with Crippen LogP contribution in [-0.4, -0.2) is 12.5 Å². The number of carbonyl (C=O) groups excluding carboxylic acids is 1. The Labute approximate surface area is 132 Å². The highest BCUT2D eigenvalue weighted by atomic mass is 16.1. The molecule has 2 aromatic carbocycles. The fourth-order valence-corrected chi connectivity index (χ4v) is 3.14. The van der Waals surface area contributed by atoms with Gasteiger partial charge in [0.25, 0.3) is 0 Å². The van der Waals surface area contributed by atoms with Crippen molar-refractivity contribution in [2.45, 2.75) is 38.5 Å². The zero-order valence-corrected chi connectivity index (χ0v) is 13.0. The maximum atomic E-state index is 12.1. The molecule has 114 valence electrons. The summed E-state index contributed by atoms with van der Waals surface area (Å²) in [5.74, 6) is 0.117. The van der Waals surface area contributed by atoms with Gasteiger partial charge in [-0.3, -0.25) is 4.79 Å². The van der Waals surface area contributed by atoms with Crippen molar-refractivity contribution in [2.75, 3.05) is 6.54 Å². The van der Waals surface area contributed by atoms with Gasteiger partial charge in [-0.05, 0) is 54.4 Å². The zero-order valence-electron chi connectivity index (χ0n) is 13.0. The fraction of sp³-hybridized carbons (Fsp3) is 0.350. The van der Waals surface area contributed by atoms with Crippen molar-refractivity contribution in [3.8, 4) is 0 Å². The molecule has 2 aromatic rings. The zero-order chi connectivity index (χ0) is 15.2. The van der Waals surface area contributed by atoms with Crippen molar-refractivity contribution < 1.29 is 4.79 Å². The molecule has 0 fully saturated rings. The highest BCUT2D eigenvalue weighted by molar-refractivity contribution is 5.78. The van der Waals surface area contributed by atoms with E-state index in [1.54, 1.807) is 0 Å². The Bertz CT molecular complexity index is 633. The first kappa shape index (κ1) is 14.8. The Balaban J connectivity index is 1.49. The Morgan fingerprint density at radius 2 is 1.68 bits per heavy atom. The third-order valence-electron chi connectivity index (χ3n) is 4.36. The predicted molar refractivity (Wildman–Crippen MR) is 89.9 cm³/mol. The molecular formula is C20H23NO. The normalized spacial score (nSPS) is 13.5. The molecule has 22 heavy (non-hydrogen) atoms. The number of fused-ring (bicyclic) bond motifs is 1. The average molecular weight is 293 g/mol. The van der Waals surface area contributed by atoms with E-state index in [-0.39, 0.29) is 5.91 Å². The molecule has 1 amide bonds. The summed E-state index contributed by atoms with van der Waals surface area (Å²) in [7, 11) is 0. The van der Waals surface area contributed by atoms with Crippen LogP contribution in [0.3, 0.4) is 0 Å². The highest BCUT2D eigenvalue weighted by Gasteiger charge is 2.11. The fourth-order valence-electron chi connectivity index (χ4n) is 3.14. The van der Waals surface area contributed by atoms with Gasteiger partial charge >= 0.3 is 0 Å². The van der Waals surface area contributed by atoms with Gasteiger partial charge in [0.15, 0.2) is 0 Å². The maximum Gasteiger partial charge on any atom is 0.224 e. The summed E-state index contributed by atoms with van der Waals surface area (Å²) >= 11 is 0. The molecule has 0 aliphatic heterocycles. The van der Waals surface area contributed by atoms with Gasteiger partial charge < -0.3 is 5.32 Å². The molecule has 0 atom stereocenters. The maximum absolute atomic E-state index is 12.1. The standard InChI is InChI=1S/C20H23NO/c22-20(21-13-12-16-6-2-1-3-7-16)15-17-10-11-18-8-4-5-9-19(18)14-17/h1-3,6-7,10-11,14H,4-5,8-9,12-13,15H2,(H,21,22). The van der Waals surface area contributed by atoms with Gasteiger partial charge in [0.1, 0.15) is 0 Å². The first-order chi connectivity index (χ1) is 10.8. The van der Waals surface area contributed by atoms with E-state index >= 15 is 0 Å². The van der Waals surface area contributed by atoms with Gasteiger partial charge in [-0.15, -0.1) is 0 Å². The minimum Gasteiger partial charge on any atom is -0.355 e. The van der Waals surface area contributed by atoms with E-state index in [0.29, 0.717) is 13.0 Å². The van der Waals surface area contributed by atoms with Crippen molar-refractivity contribution in [1.82, 2.24) is 5.32 Å². The topological polar surface area (TPSA) is 29.1 Å². The highest BCUT2D eigenvalue weighted by Crippen LogP contribution is 2.22. The third kappa shape index (κ3) is 3.97. The van der Waals surface area contributed by atoms with E-state index in [0.717, 1.165) is 12.0 Å². The van der Waals surface area contributed by atoms with Crippen LogP contribution in [0.4, 0.5) is 0 Å². The van der Waals surface area contributed by atoms with Crippen LogP contribution in [0.2, 0.25) is 0 Å². The molecule has 1 aliphatic carbocycles. The van der Waals surface area contributed by atoms with Crippen LogP contribution in [0.1, 0.15) is 35.1 Å². The van der Waals surface area contributed by atoms with Crippen molar-refractivity contribution in [3.05, 3.63) is 70.8 Å². The number of nitrogens with one attached hydrogen (secondary N) is 1. The monoisotopic (exact) mass is 293 g/mol. The largest absolute Gasteiger partial charge is 0.355 e. The molecule has 0 saturated heterocycles. The number of amides is 1. The van der Waals surface area contributed by atoms with Gasteiger partial charge in [0.2, 0.25) is 5.91 Å². The van der Waals surface area contributed by atoms with Crippen LogP contribution < -0.4 is 5.32 Å². The Morgan fingerprint density at radius 3 is 2.50 bits per heavy atom. The summed E-state index contributed by atoms with van der Waals surface area (Å²) in [6.07, 6.45) is 6.31. The summed E-state index contributed by atoms with van der Waals surface area (Å²) in [5, 5.41) is 3.02. The number of hydrogen-bond acceptors (Lipinski definition) is 1. The molecule has 0 unspecified atom stereocenters. The van der Waals surface area contributed by atoms with Crippen LogP contribution in [0.5, 0.6) is 0 Å². The molecular weight excluding hydrogens is 270 g/mol. The number of carbonyl (C=O) groups is 1. The summed E-state index contributed by atoms with van der Waals surface area (Å²) in [6.45, 7) is 0.702. The second-order valence-electron chi connectivity index (χ2n) is 6.07. The van der Waals surface area contributed by atoms with E-state index in [4.69, 9.17) is 0 Å². The SMILES string of the molecule is O=C(Cc1ccc2c(c1)CCCC2)NCCc1ccccc1. The van der Waals surface area contributed by atoms with Gasteiger partial charge in [0.05, 0.1) is 6.42 Å². The lowest BCUT2D eigenvalue weighted by Crippen LogP contribution is -2.27. The van der Waals surface area contributed by atoms with Crippen LogP contribution in [0, 0.1) is 0 Å². The molecule has 0 bridgehead atoms. The van der Waals surface area contributed by atoms with Crippen molar-refractivity contribution >= 4 is 5.91 Å². The summed E-state index contributed by atoms with van der Waals surface area (Å²) in [5.41, 5.74) is 5.31. The third-order valence-corrected chi connectivity index (χ3v) is 4.36. The van der Waals surface area contributed by atoms with Gasteiger partial charge in [-0.1, -0.05) is 48.5 Å². The van der Waals surface area contributed by atoms with E-state index in [1.165, 1.54) is 42.4 Å². The molecule has 0 saturated carbocycles. The predicted octanol–water partition coefficient (Wildman–Crippen LogP) is 3.47. The molecule has 0 spiro atoms. The minimum atomic E-state index is 0.117. The number of aryl methyl sites for hydroxylation is 2. The number of hydrogen-bond donors (Lipinski definition) is 1. The lowest BCUT2D eigenvalue weighted by molar-refractivity contribution is -0.120. The van der Waals surface area contributed by atoms with Gasteiger partial charge in [-0.25, -0.2) is 0 Å². The second-order valence-corrected chi connectivity index (χ2v) is 6.07. The molecule has 2 nitrogen and oxygen atoms in total. The molecule has 2 heteroatoms. The number of rotatable bonds is 5. The van der Waals surface area contributed by atoms with Crippen molar-refractivity contribution in [1.29, 1.82) is 0 Å². The van der Waals surface area contributed by atoms with E-state index < -0.39 is 0 Å². The molecule has 1 aliphatic rings. The van der Waals surface area contributed by atoms with E-state index in [1.807, 2.05) is 18.2 Å². The summed E-state index contributed by atoms with van der Waals surface area (Å²) < 4.78 is 0. The molecule has 3 rings (SSSR count). The lowest BCUT2D eigenvalue weighted by atomic mass is 9.90. The smallest absolute Gasteiger partial charge is 0.224 e. The summed E-state index contributed by atoms with van der Waals surface area (Å²) in [4.78, 5) is 12.1. The van der Waals surface area contributed by atoms with Crippen molar-refractivity contribution in [2.24, 2.45) is 0 Å². The quantitative estimate of drug-likeness (QED) is 0.898. The average Bonchev–Trinajstić information content (AvgIpc) is 2.56. The van der Waals surface area contributed by atoms with Crippen LogP contribution in [-0.2, 0) is 30.5 Å².